The molecule has 3 aromatic rings. The zero-order valence-corrected chi connectivity index (χ0v) is 19.6. The maximum atomic E-state index is 12.7. The molecule has 1 amide bonds. The molecule has 2 aliphatic heterocycles. The molecule has 2 saturated heterocycles. The molecule has 5 rings (SSSR count). The molecule has 0 radical (unpaired) electrons. The van der Waals surface area contributed by atoms with Gasteiger partial charge in [-0.15, -0.1) is 0 Å². The smallest absolute Gasteiger partial charge is 0.254 e. The molecule has 1 N–H and O–H groups in total. The Balaban J connectivity index is 1.20. The minimum Gasteiger partial charge on any atom is -0.378 e. The van der Waals surface area contributed by atoms with E-state index < -0.39 is 0 Å². The van der Waals surface area contributed by atoms with E-state index in [9.17, 15) is 4.79 Å². The number of nitrogens with one attached hydrogen (secondary N) is 1. The molecular weight excluding hydrogens is 422 g/mol. The van der Waals surface area contributed by atoms with Crippen LogP contribution in [0.3, 0.4) is 0 Å². The first-order valence-corrected chi connectivity index (χ1v) is 12.4. The van der Waals surface area contributed by atoms with Crippen molar-refractivity contribution in [3.63, 3.8) is 0 Å². The van der Waals surface area contributed by atoms with Gasteiger partial charge in [0.15, 0.2) is 0 Å². The van der Waals surface area contributed by atoms with Gasteiger partial charge in [0.2, 0.25) is 0 Å². The topological polar surface area (TPSA) is 44.8 Å². The van der Waals surface area contributed by atoms with Gasteiger partial charge in [0.25, 0.3) is 5.91 Å². The van der Waals surface area contributed by atoms with Crippen LogP contribution in [-0.4, -0.2) is 56.2 Å². The molecule has 0 aromatic heterocycles. The number of benzene rings is 3. The highest BCUT2D eigenvalue weighted by molar-refractivity contribution is 5.94. The van der Waals surface area contributed by atoms with Crippen LogP contribution in [0.5, 0.6) is 0 Å². The lowest BCUT2D eigenvalue weighted by Gasteiger charge is -2.36. The number of piperidine rings is 1. The first-order valence-electron chi connectivity index (χ1n) is 12.4. The lowest BCUT2D eigenvalue weighted by Crippen LogP contribution is -2.44. The van der Waals surface area contributed by atoms with Crippen molar-refractivity contribution >= 4 is 11.6 Å². The number of anilines is 1. The molecule has 0 spiro atoms. The fraction of sp³-hybridized carbons (Fsp3) is 0.345. The van der Waals surface area contributed by atoms with Gasteiger partial charge in [-0.2, -0.15) is 0 Å². The zero-order chi connectivity index (χ0) is 23.2. The Morgan fingerprint density at radius 3 is 1.88 bits per heavy atom. The Hall–Kier alpha value is -3.15. The number of hydrogen-bond donors (Lipinski definition) is 1. The highest BCUT2D eigenvalue weighted by Crippen LogP contribution is 2.26. The van der Waals surface area contributed by atoms with Gasteiger partial charge in [-0.3, -0.25) is 4.79 Å². The second kappa shape index (κ2) is 10.9. The second-order valence-corrected chi connectivity index (χ2v) is 9.13. The standard InChI is InChI=1S/C29H33N3O2/c33-29(32-19-21-34-22-20-32)25-11-13-27(14-12-25)31-17-15-26(16-18-31)30-28(23-7-3-1-4-8-23)24-9-5-2-6-10-24/h1-14,26,28,30H,15-22H2. The molecule has 3 aromatic carbocycles. The number of ether oxygens (including phenoxy) is 1. The van der Waals surface area contributed by atoms with Gasteiger partial charge in [-0.05, 0) is 48.2 Å². The number of nitrogens with zero attached hydrogens (tertiary/aromatic N) is 2. The van der Waals surface area contributed by atoms with E-state index in [1.54, 1.807) is 0 Å². The molecule has 0 aliphatic carbocycles. The molecule has 2 heterocycles. The second-order valence-electron chi connectivity index (χ2n) is 9.13. The third-order valence-electron chi connectivity index (χ3n) is 6.94. The average molecular weight is 456 g/mol. The Morgan fingerprint density at radius 2 is 1.32 bits per heavy atom. The molecule has 2 aliphatic rings. The minimum absolute atomic E-state index is 0.102. The lowest BCUT2D eigenvalue weighted by molar-refractivity contribution is 0.0303. The number of carbonyl (C=O) groups is 1. The van der Waals surface area contributed by atoms with E-state index >= 15 is 0 Å². The lowest BCUT2D eigenvalue weighted by atomic mass is 9.95. The molecule has 176 valence electrons. The molecule has 0 unspecified atom stereocenters. The summed E-state index contributed by atoms with van der Waals surface area (Å²) in [4.78, 5) is 17.0. The van der Waals surface area contributed by atoms with Gasteiger partial charge < -0.3 is 19.9 Å². The van der Waals surface area contributed by atoms with Gasteiger partial charge in [0.05, 0.1) is 19.3 Å². The van der Waals surface area contributed by atoms with Crippen LogP contribution in [0.4, 0.5) is 5.69 Å². The van der Waals surface area contributed by atoms with Crippen molar-refractivity contribution in [2.75, 3.05) is 44.3 Å². The highest BCUT2D eigenvalue weighted by atomic mass is 16.5. The fourth-order valence-corrected chi connectivity index (χ4v) is 4.98. The van der Waals surface area contributed by atoms with Gasteiger partial charge in [-0.1, -0.05) is 60.7 Å². The predicted octanol–water partition coefficient (Wildman–Crippen LogP) is 4.51. The molecule has 5 heteroatoms. The maximum Gasteiger partial charge on any atom is 0.254 e. The monoisotopic (exact) mass is 455 g/mol. The summed E-state index contributed by atoms with van der Waals surface area (Å²) in [6.07, 6.45) is 2.18. The molecule has 0 bridgehead atoms. The maximum absolute atomic E-state index is 12.7. The van der Waals surface area contributed by atoms with Crippen LogP contribution in [0, 0.1) is 0 Å². The fourth-order valence-electron chi connectivity index (χ4n) is 4.98. The SMILES string of the molecule is O=C(c1ccc(N2CCC(NC(c3ccccc3)c3ccccc3)CC2)cc1)N1CCOCC1. The van der Waals surface area contributed by atoms with Crippen LogP contribution in [0.2, 0.25) is 0 Å². The van der Waals surface area contributed by atoms with Gasteiger partial charge in [-0.25, -0.2) is 0 Å². The van der Waals surface area contributed by atoms with Crippen molar-refractivity contribution in [3.05, 3.63) is 102 Å². The van der Waals surface area contributed by atoms with Crippen LogP contribution < -0.4 is 10.2 Å². The molecule has 2 fully saturated rings. The average Bonchev–Trinajstić information content (AvgIpc) is 2.93. The summed E-state index contributed by atoms with van der Waals surface area (Å²) >= 11 is 0. The number of amides is 1. The Labute approximate surface area is 202 Å². The Kier molecular flexibility index (Phi) is 7.22. The molecule has 34 heavy (non-hydrogen) atoms. The summed E-state index contributed by atoms with van der Waals surface area (Å²) in [6, 6.07) is 30.2. The number of carbonyl (C=O) groups excluding carboxylic acids is 1. The first kappa shape index (κ1) is 22.6. The molecule has 0 saturated carbocycles. The first-order chi connectivity index (χ1) is 16.8. The van der Waals surface area contributed by atoms with E-state index in [0.717, 1.165) is 31.5 Å². The van der Waals surface area contributed by atoms with E-state index in [1.165, 1.54) is 16.8 Å². The largest absolute Gasteiger partial charge is 0.378 e. The van der Waals surface area contributed by atoms with Gasteiger partial charge >= 0.3 is 0 Å². The van der Waals surface area contributed by atoms with Crippen molar-refractivity contribution in [1.29, 1.82) is 0 Å². The number of rotatable bonds is 6. The Morgan fingerprint density at radius 1 is 0.765 bits per heavy atom. The molecule has 5 nitrogen and oxygen atoms in total. The van der Waals surface area contributed by atoms with E-state index in [4.69, 9.17) is 4.74 Å². The van der Waals surface area contributed by atoms with E-state index in [0.29, 0.717) is 32.3 Å². The van der Waals surface area contributed by atoms with Crippen molar-refractivity contribution < 1.29 is 9.53 Å². The van der Waals surface area contributed by atoms with Crippen molar-refractivity contribution in [1.82, 2.24) is 10.2 Å². The van der Waals surface area contributed by atoms with Crippen LogP contribution in [0.25, 0.3) is 0 Å². The van der Waals surface area contributed by atoms with Crippen LogP contribution in [0.15, 0.2) is 84.9 Å². The van der Waals surface area contributed by atoms with E-state index in [-0.39, 0.29) is 11.9 Å². The third kappa shape index (κ3) is 5.32. The number of hydrogen-bond acceptors (Lipinski definition) is 4. The van der Waals surface area contributed by atoms with Crippen LogP contribution >= 0.6 is 0 Å². The quantitative estimate of drug-likeness (QED) is 0.594. The summed E-state index contributed by atoms with van der Waals surface area (Å²) in [7, 11) is 0. The summed E-state index contributed by atoms with van der Waals surface area (Å²) in [6.45, 7) is 4.61. The van der Waals surface area contributed by atoms with E-state index in [1.807, 2.05) is 17.0 Å². The van der Waals surface area contributed by atoms with Crippen LogP contribution in [0.1, 0.15) is 40.4 Å². The highest BCUT2D eigenvalue weighted by Gasteiger charge is 2.24. The zero-order valence-electron chi connectivity index (χ0n) is 19.6. The number of morpholine rings is 1. The normalized spacial score (nSPS) is 17.2. The summed E-state index contributed by atoms with van der Waals surface area (Å²) in [5.74, 6) is 0.102. The summed E-state index contributed by atoms with van der Waals surface area (Å²) in [5, 5.41) is 3.93. The van der Waals surface area contributed by atoms with Crippen LogP contribution in [-0.2, 0) is 4.74 Å². The van der Waals surface area contributed by atoms with Crippen molar-refractivity contribution in [3.8, 4) is 0 Å². The van der Waals surface area contributed by atoms with Crippen molar-refractivity contribution in [2.45, 2.75) is 24.9 Å². The Bertz CT molecular complexity index is 1000. The van der Waals surface area contributed by atoms with Gasteiger partial charge in [0.1, 0.15) is 0 Å². The van der Waals surface area contributed by atoms with E-state index in [2.05, 4.69) is 83.0 Å². The third-order valence-corrected chi connectivity index (χ3v) is 6.94. The molecular formula is C29H33N3O2. The van der Waals surface area contributed by atoms with Gasteiger partial charge in [0, 0.05) is 43.5 Å². The predicted molar refractivity (Wildman–Crippen MR) is 136 cm³/mol. The minimum atomic E-state index is 0.102. The summed E-state index contributed by atoms with van der Waals surface area (Å²) < 4.78 is 5.36. The molecule has 0 atom stereocenters. The van der Waals surface area contributed by atoms with Crippen molar-refractivity contribution in [2.24, 2.45) is 0 Å². The summed E-state index contributed by atoms with van der Waals surface area (Å²) in [5.41, 5.74) is 4.56.